The largest absolute Gasteiger partial charge is 0.482 e. The molecule has 1 aliphatic heterocycles. The number of likely N-dealkylation sites (N-methyl/N-ethyl adjacent to an activating group) is 1. The molecule has 0 aliphatic carbocycles. The summed E-state index contributed by atoms with van der Waals surface area (Å²) in [6, 6.07) is 16.4. The third-order valence-electron chi connectivity index (χ3n) is 4.65. The van der Waals surface area contributed by atoms with E-state index in [2.05, 4.69) is 0 Å². The molecular weight excluding hydrogens is 372 g/mol. The standard InChI is InChI=1S/C22H24N2O5/c1-3-23(17-9-5-4-6-10-17)22(27)16(2)29-21(26)13-14-24-18-11-7-8-12-19(18)28-15-20(24)25/h4-12,16H,3,13-15H2,1-2H3/t16-/m1/s1. The van der Waals surface area contributed by atoms with Crippen LogP contribution >= 0.6 is 0 Å². The highest BCUT2D eigenvalue weighted by molar-refractivity contribution is 5.99. The molecule has 0 unspecified atom stereocenters. The van der Waals surface area contributed by atoms with Crippen LogP contribution in [0.5, 0.6) is 5.75 Å². The Morgan fingerprint density at radius 3 is 2.55 bits per heavy atom. The number of ether oxygens (including phenoxy) is 2. The summed E-state index contributed by atoms with van der Waals surface area (Å²) in [7, 11) is 0. The Labute approximate surface area is 169 Å². The molecule has 1 aliphatic rings. The van der Waals surface area contributed by atoms with Crippen LogP contribution in [0.25, 0.3) is 0 Å². The van der Waals surface area contributed by atoms with Crippen LogP contribution < -0.4 is 14.5 Å². The molecule has 0 aromatic heterocycles. The van der Waals surface area contributed by atoms with Gasteiger partial charge in [-0.25, -0.2) is 0 Å². The lowest BCUT2D eigenvalue weighted by molar-refractivity contribution is -0.153. The summed E-state index contributed by atoms with van der Waals surface area (Å²) in [6.45, 7) is 3.98. The number of carbonyl (C=O) groups excluding carboxylic acids is 3. The smallest absolute Gasteiger partial charge is 0.308 e. The van der Waals surface area contributed by atoms with Gasteiger partial charge in [-0.3, -0.25) is 14.4 Å². The molecule has 0 spiro atoms. The molecule has 0 saturated carbocycles. The minimum atomic E-state index is -0.921. The monoisotopic (exact) mass is 396 g/mol. The zero-order valence-electron chi connectivity index (χ0n) is 16.5. The molecule has 3 rings (SSSR count). The van der Waals surface area contributed by atoms with Gasteiger partial charge in [-0.05, 0) is 38.1 Å². The van der Waals surface area contributed by atoms with Crippen molar-refractivity contribution in [3.05, 3.63) is 54.6 Å². The lowest BCUT2D eigenvalue weighted by Crippen LogP contribution is -2.42. The maximum atomic E-state index is 12.7. The van der Waals surface area contributed by atoms with Crippen molar-refractivity contribution in [1.82, 2.24) is 0 Å². The van der Waals surface area contributed by atoms with Gasteiger partial charge in [-0.15, -0.1) is 0 Å². The summed E-state index contributed by atoms with van der Waals surface area (Å²) >= 11 is 0. The van der Waals surface area contributed by atoms with E-state index in [1.54, 1.807) is 30.0 Å². The predicted molar refractivity (Wildman–Crippen MR) is 109 cm³/mol. The number of para-hydroxylation sites is 3. The first kappa shape index (κ1) is 20.4. The molecule has 1 atom stereocenters. The van der Waals surface area contributed by atoms with E-state index in [9.17, 15) is 14.4 Å². The zero-order chi connectivity index (χ0) is 20.8. The highest BCUT2D eigenvalue weighted by Crippen LogP contribution is 2.31. The van der Waals surface area contributed by atoms with Crippen LogP contribution in [0.1, 0.15) is 20.3 Å². The average Bonchev–Trinajstić information content (AvgIpc) is 2.74. The molecule has 0 radical (unpaired) electrons. The Bertz CT molecular complexity index is 884. The molecule has 29 heavy (non-hydrogen) atoms. The van der Waals surface area contributed by atoms with Crippen LogP contribution in [0.3, 0.4) is 0 Å². The van der Waals surface area contributed by atoms with Gasteiger partial charge in [0.15, 0.2) is 12.7 Å². The third kappa shape index (κ3) is 4.74. The molecule has 7 heteroatoms. The number of carbonyl (C=O) groups is 3. The van der Waals surface area contributed by atoms with E-state index >= 15 is 0 Å². The van der Waals surface area contributed by atoms with Crippen molar-refractivity contribution in [3.8, 4) is 5.75 Å². The summed E-state index contributed by atoms with van der Waals surface area (Å²) in [4.78, 5) is 40.3. The average molecular weight is 396 g/mol. The molecule has 1 heterocycles. The molecular formula is C22H24N2O5. The van der Waals surface area contributed by atoms with Crippen LogP contribution in [0.15, 0.2) is 54.6 Å². The summed E-state index contributed by atoms with van der Waals surface area (Å²) in [5.74, 6) is -0.445. The Hall–Kier alpha value is -3.35. The van der Waals surface area contributed by atoms with Crippen LogP contribution in [0, 0.1) is 0 Å². The number of hydrogen-bond donors (Lipinski definition) is 0. The number of nitrogens with zero attached hydrogens (tertiary/aromatic N) is 2. The van der Waals surface area contributed by atoms with E-state index in [4.69, 9.17) is 9.47 Å². The van der Waals surface area contributed by atoms with Crippen LogP contribution in [-0.2, 0) is 19.1 Å². The van der Waals surface area contributed by atoms with E-state index in [-0.39, 0.29) is 31.4 Å². The van der Waals surface area contributed by atoms with E-state index in [1.807, 2.05) is 43.3 Å². The number of fused-ring (bicyclic) bond motifs is 1. The highest BCUT2D eigenvalue weighted by atomic mass is 16.5. The number of esters is 1. The fourth-order valence-electron chi connectivity index (χ4n) is 3.20. The van der Waals surface area contributed by atoms with Crippen molar-refractivity contribution in [2.45, 2.75) is 26.4 Å². The molecule has 152 valence electrons. The summed E-state index contributed by atoms with van der Waals surface area (Å²) in [5.41, 5.74) is 1.38. The lowest BCUT2D eigenvalue weighted by Gasteiger charge is -2.29. The maximum Gasteiger partial charge on any atom is 0.308 e. The van der Waals surface area contributed by atoms with Crippen molar-refractivity contribution < 1.29 is 23.9 Å². The van der Waals surface area contributed by atoms with Gasteiger partial charge >= 0.3 is 5.97 Å². The molecule has 0 N–H and O–H groups in total. The fraction of sp³-hybridized carbons (Fsp3) is 0.318. The second-order valence-electron chi connectivity index (χ2n) is 6.60. The topological polar surface area (TPSA) is 76.2 Å². The van der Waals surface area contributed by atoms with Crippen LogP contribution in [-0.4, -0.2) is 43.6 Å². The van der Waals surface area contributed by atoms with Crippen molar-refractivity contribution in [2.75, 3.05) is 29.5 Å². The Kier molecular flexibility index (Phi) is 6.49. The van der Waals surface area contributed by atoms with Gasteiger partial charge in [-0.2, -0.15) is 0 Å². The van der Waals surface area contributed by atoms with Gasteiger partial charge in [0, 0.05) is 18.8 Å². The SMILES string of the molecule is CCN(C(=O)[C@@H](C)OC(=O)CCN1C(=O)COc2ccccc21)c1ccccc1. The van der Waals surface area contributed by atoms with Crippen molar-refractivity contribution in [2.24, 2.45) is 0 Å². The van der Waals surface area contributed by atoms with Gasteiger partial charge in [0.25, 0.3) is 11.8 Å². The molecule has 2 amide bonds. The molecule has 0 fully saturated rings. The van der Waals surface area contributed by atoms with Crippen molar-refractivity contribution in [1.29, 1.82) is 0 Å². The minimum Gasteiger partial charge on any atom is -0.482 e. The van der Waals surface area contributed by atoms with Crippen molar-refractivity contribution in [3.63, 3.8) is 0 Å². The van der Waals surface area contributed by atoms with E-state index in [0.717, 1.165) is 5.69 Å². The molecule has 0 saturated heterocycles. The number of benzene rings is 2. The fourth-order valence-corrected chi connectivity index (χ4v) is 3.20. The quantitative estimate of drug-likeness (QED) is 0.673. The Morgan fingerprint density at radius 1 is 1.14 bits per heavy atom. The van der Waals surface area contributed by atoms with Crippen molar-refractivity contribution >= 4 is 29.2 Å². The Morgan fingerprint density at radius 2 is 1.83 bits per heavy atom. The maximum absolute atomic E-state index is 12.7. The van der Waals surface area contributed by atoms with E-state index < -0.39 is 12.1 Å². The Balaban J connectivity index is 1.58. The van der Waals surface area contributed by atoms with Gasteiger partial charge in [0.2, 0.25) is 0 Å². The minimum absolute atomic E-state index is 0.0187. The molecule has 0 bridgehead atoms. The summed E-state index contributed by atoms with van der Waals surface area (Å²) in [6.07, 6.45) is -0.940. The zero-order valence-corrected chi connectivity index (χ0v) is 16.5. The van der Waals surface area contributed by atoms with Gasteiger partial charge in [0.05, 0.1) is 12.1 Å². The van der Waals surface area contributed by atoms with Gasteiger partial charge in [0.1, 0.15) is 5.75 Å². The summed E-state index contributed by atoms with van der Waals surface area (Å²) in [5, 5.41) is 0. The first-order chi connectivity index (χ1) is 14.0. The molecule has 7 nitrogen and oxygen atoms in total. The highest BCUT2D eigenvalue weighted by Gasteiger charge is 2.27. The number of rotatable bonds is 7. The molecule has 2 aromatic rings. The number of hydrogen-bond acceptors (Lipinski definition) is 5. The second-order valence-corrected chi connectivity index (χ2v) is 6.60. The summed E-state index contributed by atoms with van der Waals surface area (Å²) < 4.78 is 10.7. The first-order valence-corrected chi connectivity index (χ1v) is 9.59. The first-order valence-electron chi connectivity index (χ1n) is 9.59. The number of amides is 2. The van der Waals surface area contributed by atoms with Gasteiger partial charge in [-0.1, -0.05) is 30.3 Å². The number of anilines is 2. The molecule has 2 aromatic carbocycles. The lowest BCUT2D eigenvalue weighted by atomic mass is 10.2. The van der Waals surface area contributed by atoms with Crippen LogP contribution in [0.4, 0.5) is 11.4 Å². The van der Waals surface area contributed by atoms with E-state index in [1.165, 1.54) is 4.90 Å². The predicted octanol–water partition coefficient (Wildman–Crippen LogP) is 2.79. The van der Waals surface area contributed by atoms with E-state index in [0.29, 0.717) is 18.0 Å². The second kappa shape index (κ2) is 9.23. The third-order valence-corrected chi connectivity index (χ3v) is 4.65. The van der Waals surface area contributed by atoms with Crippen LogP contribution in [0.2, 0.25) is 0 Å². The van der Waals surface area contributed by atoms with Gasteiger partial charge < -0.3 is 19.3 Å². The normalized spacial score (nSPS) is 13.9.